The van der Waals surface area contributed by atoms with E-state index in [9.17, 15) is 19.2 Å². The molecular weight excluding hydrogens is 270 g/mol. The summed E-state index contributed by atoms with van der Waals surface area (Å²) in [6.07, 6.45) is 0.172. The molecule has 0 bridgehead atoms. The third-order valence-corrected chi connectivity index (χ3v) is 2.80. The molecule has 5 N–H and O–H groups in total. The first-order chi connectivity index (χ1) is 9.38. The van der Waals surface area contributed by atoms with Gasteiger partial charge in [0.05, 0.1) is 6.04 Å². The average molecular weight is 287 g/mol. The second kappa shape index (κ2) is 7.31. The normalized spacial score (nSPS) is 19.0. The lowest BCUT2D eigenvalue weighted by Crippen LogP contribution is -2.49. The molecule has 0 aromatic carbocycles. The number of urea groups is 1. The number of hydrogen-bond acceptors (Lipinski definition) is 4. The van der Waals surface area contributed by atoms with E-state index in [0.717, 1.165) is 0 Å². The highest BCUT2D eigenvalue weighted by molar-refractivity contribution is 5.84. The first-order valence-corrected chi connectivity index (χ1v) is 6.17. The standard InChI is InChI=1S/C11H17N3O6/c15-8-4-6(5-12-8)13-11(20)14-7(10(18)19)2-1-3-9(16)17/h6-7H,1-5H2,(H,12,15)(H,16,17)(H,18,19)(H2,13,14,20)/t6?,7-/m1/s1. The van der Waals surface area contributed by atoms with Gasteiger partial charge in [-0.1, -0.05) is 0 Å². The summed E-state index contributed by atoms with van der Waals surface area (Å²) in [5, 5.41) is 24.7. The number of carboxylic acid groups (broad SMARTS) is 2. The Morgan fingerprint density at radius 1 is 1.35 bits per heavy atom. The minimum Gasteiger partial charge on any atom is -0.481 e. The molecule has 0 aromatic rings. The van der Waals surface area contributed by atoms with E-state index in [2.05, 4.69) is 16.0 Å². The number of carboxylic acids is 2. The van der Waals surface area contributed by atoms with Crippen LogP contribution < -0.4 is 16.0 Å². The van der Waals surface area contributed by atoms with Gasteiger partial charge in [-0.05, 0) is 12.8 Å². The maximum absolute atomic E-state index is 11.6. The van der Waals surface area contributed by atoms with Crippen LogP contribution in [0, 0.1) is 0 Å². The number of amides is 3. The molecule has 2 atom stereocenters. The van der Waals surface area contributed by atoms with Gasteiger partial charge in [0.15, 0.2) is 0 Å². The quantitative estimate of drug-likeness (QED) is 0.401. The van der Waals surface area contributed by atoms with E-state index in [1.54, 1.807) is 0 Å². The van der Waals surface area contributed by atoms with Crippen molar-refractivity contribution in [3.8, 4) is 0 Å². The summed E-state index contributed by atoms with van der Waals surface area (Å²) in [6.45, 7) is 0.309. The van der Waals surface area contributed by atoms with E-state index in [1.807, 2.05) is 0 Å². The molecule has 9 nitrogen and oxygen atoms in total. The highest BCUT2D eigenvalue weighted by Crippen LogP contribution is 2.03. The first kappa shape index (κ1) is 15.7. The molecule has 0 radical (unpaired) electrons. The van der Waals surface area contributed by atoms with Gasteiger partial charge < -0.3 is 26.2 Å². The maximum atomic E-state index is 11.6. The minimum absolute atomic E-state index is 0.0247. The van der Waals surface area contributed by atoms with Crippen LogP contribution in [0.25, 0.3) is 0 Å². The van der Waals surface area contributed by atoms with Crippen LogP contribution in [0.4, 0.5) is 4.79 Å². The Kier molecular flexibility index (Phi) is 5.75. The maximum Gasteiger partial charge on any atom is 0.326 e. The number of carbonyl (C=O) groups is 4. The van der Waals surface area contributed by atoms with Crippen LogP contribution >= 0.6 is 0 Å². The Hall–Kier alpha value is -2.32. The third kappa shape index (κ3) is 5.55. The summed E-state index contributed by atoms with van der Waals surface area (Å²) < 4.78 is 0. The van der Waals surface area contributed by atoms with Crippen LogP contribution in [0.15, 0.2) is 0 Å². The zero-order chi connectivity index (χ0) is 15.1. The van der Waals surface area contributed by atoms with Gasteiger partial charge in [0.1, 0.15) is 6.04 Å². The second-order valence-electron chi connectivity index (χ2n) is 4.50. The number of hydrogen-bond donors (Lipinski definition) is 5. The lowest BCUT2D eigenvalue weighted by Gasteiger charge is -2.16. The molecule has 1 fully saturated rings. The molecule has 0 spiro atoms. The van der Waals surface area contributed by atoms with Crippen molar-refractivity contribution in [2.45, 2.75) is 37.8 Å². The van der Waals surface area contributed by atoms with Crippen LogP contribution in [0.2, 0.25) is 0 Å². The molecule has 1 aliphatic heterocycles. The highest BCUT2D eigenvalue weighted by Gasteiger charge is 2.25. The Morgan fingerprint density at radius 2 is 2.05 bits per heavy atom. The molecule has 3 amide bonds. The molecule has 1 heterocycles. The van der Waals surface area contributed by atoms with Gasteiger partial charge >= 0.3 is 18.0 Å². The Labute approximate surface area is 114 Å². The Morgan fingerprint density at radius 3 is 2.55 bits per heavy atom. The van der Waals surface area contributed by atoms with Gasteiger partial charge in [0.2, 0.25) is 5.91 Å². The van der Waals surface area contributed by atoms with E-state index >= 15 is 0 Å². The second-order valence-corrected chi connectivity index (χ2v) is 4.50. The van der Waals surface area contributed by atoms with Crippen LogP contribution in [0.5, 0.6) is 0 Å². The number of rotatable bonds is 7. The summed E-state index contributed by atoms with van der Waals surface area (Å²) in [5.41, 5.74) is 0. The first-order valence-electron chi connectivity index (χ1n) is 6.17. The molecular formula is C11H17N3O6. The molecule has 1 unspecified atom stereocenters. The summed E-state index contributed by atoms with van der Waals surface area (Å²) >= 11 is 0. The van der Waals surface area contributed by atoms with E-state index in [0.29, 0.717) is 6.54 Å². The fourth-order valence-corrected chi connectivity index (χ4v) is 1.81. The molecule has 112 valence electrons. The smallest absolute Gasteiger partial charge is 0.326 e. The van der Waals surface area contributed by atoms with Crippen molar-refractivity contribution < 1.29 is 29.4 Å². The summed E-state index contributed by atoms with van der Waals surface area (Å²) in [4.78, 5) is 43.8. The number of aliphatic carboxylic acids is 2. The fourth-order valence-electron chi connectivity index (χ4n) is 1.81. The van der Waals surface area contributed by atoms with Crippen molar-refractivity contribution in [1.29, 1.82) is 0 Å². The predicted octanol–water partition coefficient (Wildman–Crippen LogP) is -1.12. The summed E-state index contributed by atoms with van der Waals surface area (Å²) in [5.74, 6) is -2.42. The van der Waals surface area contributed by atoms with Gasteiger partial charge in [-0.3, -0.25) is 9.59 Å². The minimum atomic E-state index is -1.23. The molecule has 0 aliphatic carbocycles. The molecule has 1 aliphatic rings. The predicted molar refractivity (Wildman–Crippen MR) is 66.0 cm³/mol. The van der Waals surface area contributed by atoms with Crippen molar-refractivity contribution in [1.82, 2.24) is 16.0 Å². The topological polar surface area (TPSA) is 145 Å². The zero-order valence-electron chi connectivity index (χ0n) is 10.7. The summed E-state index contributed by atoms with van der Waals surface area (Å²) in [7, 11) is 0. The largest absolute Gasteiger partial charge is 0.481 e. The molecule has 9 heteroatoms. The van der Waals surface area contributed by atoms with E-state index < -0.39 is 24.0 Å². The molecule has 0 saturated carbocycles. The van der Waals surface area contributed by atoms with E-state index in [1.165, 1.54) is 0 Å². The number of nitrogens with one attached hydrogen (secondary N) is 3. The zero-order valence-corrected chi connectivity index (χ0v) is 10.7. The third-order valence-electron chi connectivity index (χ3n) is 2.80. The van der Waals surface area contributed by atoms with Gasteiger partial charge in [0, 0.05) is 19.4 Å². The van der Waals surface area contributed by atoms with Crippen molar-refractivity contribution in [3.05, 3.63) is 0 Å². The van der Waals surface area contributed by atoms with Gasteiger partial charge in [-0.2, -0.15) is 0 Å². The highest BCUT2D eigenvalue weighted by atomic mass is 16.4. The van der Waals surface area contributed by atoms with Gasteiger partial charge in [-0.25, -0.2) is 9.59 Å². The van der Waals surface area contributed by atoms with Crippen LogP contribution in [0.1, 0.15) is 25.7 Å². The molecule has 1 saturated heterocycles. The number of carbonyl (C=O) groups excluding carboxylic acids is 2. The van der Waals surface area contributed by atoms with E-state index in [-0.39, 0.29) is 37.6 Å². The molecule has 0 aromatic heterocycles. The lowest BCUT2D eigenvalue weighted by atomic mass is 10.1. The molecule has 20 heavy (non-hydrogen) atoms. The van der Waals surface area contributed by atoms with Crippen molar-refractivity contribution in [3.63, 3.8) is 0 Å². The average Bonchev–Trinajstić information content (AvgIpc) is 2.72. The Bertz CT molecular complexity index is 411. The lowest BCUT2D eigenvalue weighted by molar-refractivity contribution is -0.140. The van der Waals surface area contributed by atoms with E-state index in [4.69, 9.17) is 10.2 Å². The fraction of sp³-hybridized carbons (Fsp3) is 0.636. The molecule has 1 rings (SSSR count). The van der Waals surface area contributed by atoms with Gasteiger partial charge in [0.25, 0.3) is 0 Å². The van der Waals surface area contributed by atoms with Crippen LogP contribution in [-0.4, -0.2) is 52.7 Å². The van der Waals surface area contributed by atoms with Crippen LogP contribution in [0.3, 0.4) is 0 Å². The van der Waals surface area contributed by atoms with Crippen molar-refractivity contribution >= 4 is 23.9 Å². The summed E-state index contributed by atoms with van der Waals surface area (Å²) in [6, 6.07) is -2.20. The van der Waals surface area contributed by atoms with Crippen molar-refractivity contribution in [2.24, 2.45) is 0 Å². The van der Waals surface area contributed by atoms with Gasteiger partial charge in [-0.15, -0.1) is 0 Å². The van der Waals surface area contributed by atoms with Crippen molar-refractivity contribution in [2.75, 3.05) is 6.54 Å². The Balaban J connectivity index is 2.36. The monoisotopic (exact) mass is 287 g/mol. The SMILES string of the molecule is O=C(O)CCC[C@@H](NC(=O)NC1CNC(=O)C1)C(=O)O. The van der Waals surface area contributed by atoms with Crippen LogP contribution in [-0.2, 0) is 14.4 Å².